The van der Waals surface area contributed by atoms with E-state index in [1.54, 1.807) is 19.9 Å². The van der Waals surface area contributed by atoms with Gasteiger partial charge in [0.05, 0.1) is 46.9 Å². The topological polar surface area (TPSA) is 123 Å². The fourth-order valence-electron chi connectivity index (χ4n) is 4.38. The van der Waals surface area contributed by atoms with Crippen LogP contribution in [0.25, 0.3) is 22.0 Å². The fourth-order valence-corrected chi connectivity index (χ4v) is 5.78. The molecule has 2 aromatic heterocycles. The zero-order valence-electron chi connectivity index (χ0n) is 21.7. The lowest BCUT2D eigenvalue weighted by molar-refractivity contribution is 0.0526. The molecule has 0 aliphatic rings. The van der Waals surface area contributed by atoms with Crippen molar-refractivity contribution in [2.24, 2.45) is 0 Å². The van der Waals surface area contributed by atoms with E-state index in [1.165, 1.54) is 34.9 Å². The number of rotatable bonds is 9. The third kappa shape index (κ3) is 4.81. The average molecular weight is 550 g/mol. The summed E-state index contributed by atoms with van der Waals surface area (Å²) >= 11 is 0. The molecule has 0 aliphatic carbocycles. The molecule has 0 saturated heterocycles. The molecule has 0 N–H and O–H groups in total. The van der Waals surface area contributed by atoms with E-state index in [-0.39, 0.29) is 29.1 Å². The molecule has 5 aromatic rings. The molecule has 0 aliphatic heterocycles. The van der Waals surface area contributed by atoms with Crippen molar-refractivity contribution >= 4 is 38.0 Å². The summed E-state index contributed by atoms with van der Waals surface area (Å²) in [6, 6.07) is 15.8. The molecule has 11 heteroatoms. The molecule has 3 aromatic carbocycles. The first-order valence-corrected chi connectivity index (χ1v) is 13.9. The maximum absolute atomic E-state index is 13.8. The van der Waals surface area contributed by atoms with Gasteiger partial charge < -0.3 is 14.0 Å². The number of carbonyl (C=O) groups excluding carboxylic acids is 1. The predicted molar refractivity (Wildman–Crippen MR) is 145 cm³/mol. The van der Waals surface area contributed by atoms with Crippen LogP contribution in [0.1, 0.15) is 41.9 Å². The second-order valence-corrected chi connectivity index (χ2v) is 10.8. The highest BCUT2D eigenvalue weighted by Crippen LogP contribution is 2.28. The summed E-state index contributed by atoms with van der Waals surface area (Å²) in [6.45, 7) is 6.32. The Morgan fingerprint density at radius 1 is 1.03 bits per heavy atom. The second-order valence-electron chi connectivity index (χ2n) is 8.98. The van der Waals surface area contributed by atoms with Crippen LogP contribution in [0.3, 0.4) is 0 Å². The smallest absolute Gasteiger partial charge is 0.343 e. The molecule has 5 rings (SSSR count). The Labute approximate surface area is 224 Å². The number of ether oxygens (including phenoxy) is 2. The zero-order chi connectivity index (χ0) is 27.7. The van der Waals surface area contributed by atoms with Gasteiger partial charge in [-0.3, -0.25) is 4.57 Å². The number of hydrogen-bond acceptors (Lipinski definition) is 8. The highest BCUT2D eigenvalue weighted by atomic mass is 32.2. The molecular formula is C28H27N3O7S. The molecule has 0 saturated carbocycles. The minimum absolute atomic E-state index is 0.110. The van der Waals surface area contributed by atoms with Crippen LogP contribution < -0.4 is 10.4 Å². The van der Waals surface area contributed by atoms with Gasteiger partial charge in [0.2, 0.25) is 0 Å². The lowest BCUT2D eigenvalue weighted by atomic mass is 10.2. The molecule has 2 heterocycles. The number of hydrogen-bond donors (Lipinski definition) is 0. The Morgan fingerprint density at radius 2 is 1.79 bits per heavy atom. The van der Waals surface area contributed by atoms with Gasteiger partial charge in [0.15, 0.2) is 5.58 Å². The number of nitrogens with zero attached hydrogens (tertiary/aromatic N) is 3. The van der Waals surface area contributed by atoms with Crippen molar-refractivity contribution in [2.75, 3.05) is 13.2 Å². The van der Waals surface area contributed by atoms with Crippen molar-refractivity contribution in [3.63, 3.8) is 0 Å². The number of imidazole rings is 1. The Hall–Kier alpha value is -4.38. The number of aromatic nitrogens is 3. The standard InChI is InChI=1S/C28H27N3O7S/c1-4-13-37-21-8-6-7-19(14-21)17-30-24-15-23-18(3)29-38-26(23)16-25(24)31(28(30)33)39(34,35)22-11-9-20(10-12-22)27(32)36-5-2/h6-12,14-16H,4-5,13,17H2,1-3H3. The van der Waals surface area contributed by atoms with Gasteiger partial charge in [-0.15, -0.1) is 0 Å². The molecule has 0 fully saturated rings. The van der Waals surface area contributed by atoms with Gasteiger partial charge in [0.25, 0.3) is 10.0 Å². The number of benzene rings is 3. The Kier molecular flexibility index (Phi) is 7.00. The van der Waals surface area contributed by atoms with Crippen LogP contribution in [0, 0.1) is 6.92 Å². The van der Waals surface area contributed by atoms with Gasteiger partial charge in [0.1, 0.15) is 5.75 Å². The summed E-state index contributed by atoms with van der Waals surface area (Å²) in [6.07, 6.45) is 0.851. The third-order valence-electron chi connectivity index (χ3n) is 6.28. The van der Waals surface area contributed by atoms with Gasteiger partial charge in [-0.1, -0.05) is 24.2 Å². The normalized spacial score (nSPS) is 11.8. The molecule has 0 bridgehead atoms. The first-order valence-electron chi connectivity index (χ1n) is 12.5. The van der Waals surface area contributed by atoms with Crippen molar-refractivity contribution in [2.45, 2.75) is 38.6 Å². The van der Waals surface area contributed by atoms with E-state index >= 15 is 0 Å². The first kappa shape index (κ1) is 26.2. The van der Waals surface area contributed by atoms with Crippen molar-refractivity contribution in [1.82, 2.24) is 13.7 Å². The minimum atomic E-state index is -4.36. The van der Waals surface area contributed by atoms with Crippen LogP contribution in [0.4, 0.5) is 0 Å². The summed E-state index contributed by atoms with van der Waals surface area (Å²) in [5, 5.41) is 4.66. The average Bonchev–Trinajstić information content (AvgIpc) is 3.42. The molecule has 0 unspecified atom stereocenters. The van der Waals surface area contributed by atoms with E-state index in [4.69, 9.17) is 14.0 Å². The summed E-state index contributed by atoms with van der Waals surface area (Å²) in [5.74, 6) is 0.0983. The summed E-state index contributed by atoms with van der Waals surface area (Å²) in [4.78, 5) is 25.7. The first-order chi connectivity index (χ1) is 18.7. The maximum atomic E-state index is 13.8. The van der Waals surface area contributed by atoms with Crippen molar-refractivity contribution in [1.29, 1.82) is 0 Å². The van der Waals surface area contributed by atoms with Gasteiger partial charge >= 0.3 is 11.7 Å². The van der Waals surface area contributed by atoms with E-state index in [2.05, 4.69) is 5.16 Å². The van der Waals surface area contributed by atoms with E-state index in [0.717, 1.165) is 16.0 Å². The number of fused-ring (bicyclic) bond motifs is 2. The number of aryl methyl sites for hydroxylation is 1. The van der Waals surface area contributed by atoms with E-state index in [0.29, 0.717) is 34.5 Å². The van der Waals surface area contributed by atoms with Gasteiger partial charge in [-0.05, 0) is 68.3 Å². The molecule has 0 spiro atoms. The van der Waals surface area contributed by atoms with E-state index in [9.17, 15) is 18.0 Å². The highest BCUT2D eigenvalue weighted by molar-refractivity contribution is 7.90. The quantitative estimate of drug-likeness (QED) is 0.246. The van der Waals surface area contributed by atoms with Crippen LogP contribution >= 0.6 is 0 Å². The van der Waals surface area contributed by atoms with Crippen LogP contribution in [0.5, 0.6) is 5.75 Å². The molecule has 39 heavy (non-hydrogen) atoms. The summed E-state index contributed by atoms with van der Waals surface area (Å²) in [7, 11) is -4.36. The van der Waals surface area contributed by atoms with Crippen LogP contribution in [0.2, 0.25) is 0 Å². The fraction of sp³-hybridized carbons (Fsp3) is 0.250. The number of esters is 1. The van der Waals surface area contributed by atoms with E-state index < -0.39 is 21.7 Å². The third-order valence-corrected chi connectivity index (χ3v) is 7.98. The largest absolute Gasteiger partial charge is 0.494 e. The van der Waals surface area contributed by atoms with Gasteiger partial charge in [-0.2, -0.15) is 3.97 Å². The summed E-state index contributed by atoms with van der Waals surface area (Å²) < 4.78 is 45.9. The molecule has 0 amide bonds. The molecule has 0 atom stereocenters. The highest BCUT2D eigenvalue weighted by Gasteiger charge is 2.27. The number of carbonyl (C=O) groups is 1. The maximum Gasteiger partial charge on any atom is 0.343 e. The molecule has 202 valence electrons. The van der Waals surface area contributed by atoms with Gasteiger partial charge in [-0.25, -0.2) is 18.0 Å². The second kappa shape index (κ2) is 10.4. The summed E-state index contributed by atoms with van der Waals surface area (Å²) in [5.41, 5.74) is 1.76. The lowest BCUT2D eigenvalue weighted by Crippen LogP contribution is -2.30. The van der Waals surface area contributed by atoms with Crippen molar-refractivity contribution in [3.8, 4) is 5.75 Å². The van der Waals surface area contributed by atoms with Crippen molar-refractivity contribution in [3.05, 3.63) is 88.0 Å². The Balaban J connectivity index is 1.66. The molecule has 10 nitrogen and oxygen atoms in total. The van der Waals surface area contributed by atoms with Crippen LogP contribution in [-0.4, -0.2) is 41.3 Å². The molecule has 0 radical (unpaired) electrons. The lowest BCUT2D eigenvalue weighted by Gasteiger charge is -2.08. The van der Waals surface area contributed by atoms with Crippen LogP contribution in [0.15, 0.2) is 74.9 Å². The van der Waals surface area contributed by atoms with E-state index in [1.807, 2.05) is 31.2 Å². The monoisotopic (exact) mass is 549 g/mol. The zero-order valence-corrected chi connectivity index (χ0v) is 22.5. The predicted octanol–water partition coefficient (Wildman–Crippen LogP) is 4.50. The molecular weight excluding hydrogens is 522 g/mol. The Morgan fingerprint density at radius 3 is 2.51 bits per heavy atom. The van der Waals surface area contributed by atoms with Crippen LogP contribution in [-0.2, 0) is 21.3 Å². The SMILES string of the molecule is CCCOc1cccc(Cn2c(=O)n(S(=O)(=O)c3ccc(C(=O)OCC)cc3)c3cc4onc(C)c4cc32)c1. The minimum Gasteiger partial charge on any atom is -0.494 e. The van der Waals surface area contributed by atoms with Crippen molar-refractivity contribution < 1.29 is 27.2 Å². The Bertz CT molecular complexity index is 1850. The van der Waals surface area contributed by atoms with Gasteiger partial charge in [0, 0.05) is 11.5 Å².